The van der Waals surface area contributed by atoms with E-state index in [1.54, 1.807) is 12.1 Å². The molecular formula is C17H13ClN2O. The molecule has 0 aliphatic heterocycles. The van der Waals surface area contributed by atoms with Crippen molar-refractivity contribution in [3.05, 3.63) is 75.3 Å². The molecule has 0 aliphatic carbocycles. The zero-order valence-electron chi connectivity index (χ0n) is 11.5. The Balaban J connectivity index is 2.12. The number of aromatic nitrogens is 2. The number of halogens is 1. The summed E-state index contributed by atoms with van der Waals surface area (Å²) in [6.45, 7) is 0. The summed E-state index contributed by atoms with van der Waals surface area (Å²) in [5, 5.41) is 1.07. The maximum Gasteiger partial charge on any atom is 0.281 e. The Bertz CT molecular complexity index is 882. The number of benzene rings is 2. The summed E-state index contributed by atoms with van der Waals surface area (Å²) < 4.78 is 1.88. The van der Waals surface area contributed by atoms with Gasteiger partial charge in [0.15, 0.2) is 0 Å². The summed E-state index contributed by atoms with van der Waals surface area (Å²) in [7, 11) is 1.88. The maximum atomic E-state index is 12.1. The number of nitrogens with zero attached hydrogens (tertiary/aromatic N) is 2. The van der Waals surface area contributed by atoms with E-state index in [4.69, 9.17) is 11.6 Å². The molecule has 0 N–H and O–H groups in total. The van der Waals surface area contributed by atoms with E-state index in [1.807, 2.05) is 60.2 Å². The molecule has 1 aromatic heterocycles. The molecule has 0 unspecified atom stereocenters. The highest BCUT2D eigenvalue weighted by Crippen LogP contribution is 2.17. The van der Waals surface area contributed by atoms with Gasteiger partial charge in [0.05, 0.1) is 10.9 Å². The number of fused-ring (bicyclic) bond motifs is 1. The SMILES string of the molecule is Cn1c(/C=C/c2ccccc2)nc(=O)c2cc(Cl)ccc21. The topological polar surface area (TPSA) is 34.9 Å². The van der Waals surface area contributed by atoms with E-state index in [1.165, 1.54) is 0 Å². The minimum Gasteiger partial charge on any atom is -0.329 e. The van der Waals surface area contributed by atoms with Crippen LogP contribution in [0.3, 0.4) is 0 Å². The molecule has 0 saturated carbocycles. The summed E-state index contributed by atoms with van der Waals surface area (Å²) in [4.78, 5) is 16.2. The summed E-state index contributed by atoms with van der Waals surface area (Å²) in [6, 6.07) is 15.1. The van der Waals surface area contributed by atoms with Gasteiger partial charge in [0, 0.05) is 12.1 Å². The van der Waals surface area contributed by atoms with E-state index < -0.39 is 0 Å². The van der Waals surface area contributed by atoms with Gasteiger partial charge in [-0.2, -0.15) is 4.98 Å². The Labute approximate surface area is 127 Å². The Morgan fingerprint density at radius 2 is 1.86 bits per heavy atom. The fourth-order valence-corrected chi connectivity index (χ4v) is 2.39. The van der Waals surface area contributed by atoms with Crippen molar-refractivity contribution in [3.8, 4) is 0 Å². The first-order chi connectivity index (χ1) is 10.1. The molecule has 0 aliphatic rings. The molecule has 0 bridgehead atoms. The third-order valence-corrected chi connectivity index (χ3v) is 3.57. The highest BCUT2D eigenvalue weighted by Gasteiger charge is 2.06. The van der Waals surface area contributed by atoms with Gasteiger partial charge in [-0.3, -0.25) is 4.79 Å². The molecule has 21 heavy (non-hydrogen) atoms. The molecule has 0 amide bonds. The quantitative estimate of drug-likeness (QED) is 0.722. The van der Waals surface area contributed by atoms with Crippen molar-refractivity contribution in [3.63, 3.8) is 0 Å². The van der Waals surface area contributed by atoms with Crippen LogP contribution >= 0.6 is 11.6 Å². The van der Waals surface area contributed by atoms with Gasteiger partial charge in [-0.15, -0.1) is 0 Å². The fraction of sp³-hybridized carbons (Fsp3) is 0.0588. The van der Waals surface area contributed by atoms with Crippen LogP contribution in [0.5, 0.6) is 0 Å². The van der Waals surface area contributed by atoms with E-state index in [-0.39, 0.29) is 5.56 Å². The van der Waals surface area contributed by atoms with Gasteiger partial charge < -0.3 is 4.57 Å². The van der Waals surface area contributed by atoms with Crippen LogP contribution in [0.1, 0.15) is 11.4 Å². The summed E-state index contributed by atoms with van der Waals surface area (Å²) in [5.41, 5.74) is 1.60. The molecule has 0 radical (unpaired) electrons. The highest BCUT2D eigenvalue weighted by molar-refractivity contribution is 6.31. The van der Waals surface area contributed by atoms with Crippen LogP contribution in [0.4, 0.5) is 0 Å². The Morgan fingerprint density at radius 1 is 1.10 bits per heavy atom. The van der Waals surface area contributed by atoms with Crippen LogP contribution in [-0.4, -0.2) is 9.55 Å². The first kappa shape index (κ1) is 13.6. The molecule has 2 aromatic carbocycles. The molecule has 104 valence electrons. The van der Waals surface area contributed by atoms with Gasteiger partial charge in [0.1, 0.15) is 5.82 Å². The van der Waals surface area contributed by atoms with Crippen LogP contribution in [0, 0.1) is 0 Å². The smallest absolute Gasteiger partial charge is 0.281 e. The summed E-state index contributed by atoms with van der Waals surface area (Å²) >= 11 is 5.93. The lowest BCUT2D eigenvalue weighted by molar-refractivity contribution is 0.883. The van der Waals surface area contributed by atoms with Gasteiger partial charge in [0.25, 0.3) is 5.56 Å². The van der Waals surface area contributed by atoms with Crippen LogP contribution in [0.15, 0.2) is 53.3 Å². The van der Waals surface area contributed by atoms with Crippen molar-refractivity contribution in [2.45, 2.75) is 0 Å². The third-order valence-electron chi connectivity index (χ3n) is 3.33. The molecule has 1 heterocycles. The summed E-state index contributed by atoms with van der Waals surface area (Å²) in [5.74, 6) is 0.610. The maximum absolute atomic E-state index is 12.1. The summed E-state index contributed by atoms with van der Waals surface area (Å²) in [6.07, 6.45) is 3.77. The van der Waals surface area contributed by atoms with Gasteiger partial charge in [0.2, 0.25) is 0 Å². The molecular weight excluding hydrogens is 284 g/mol. The van der Waals surface area contributed by atoms with Crippen molar-refractivity contribution in [1.82, 2.24) is 9.55 Å². The molecule has 3 aromatic rings. The van der Waals surface area contributed by atoms with Gasteiger partial charge in [-0.05, 0) is 29.8 Å². The van der Waals surface area contributed by atoms with Crippen molar-refractivity contribution in [1.29, 1.82) is 0 Å². The van der Waals surface area contributed by atoms with Crippen LogP contribution < -0.4 is 5.56 Å². The first-order valence-corrected chi connectivity index (χ1v) is 6.92. The van der Waals surface area contributed by atoms with Gasteiger partial charge >= 0.3 is 0 Å². The average Bonchev–Trinajstić information content (AvgIpc) is 2.50. The largest absolute Gasteiger partial charge is 0.329 e. The van der Waals surface area contributed by atoms with E-state index in [2.05, 4.69) is 4.98 Å². The fourth-order valence-electron chi connectivity index (χ4n) is 2.22. The zero-order valence-corrected chi connectivity index (χ0v) is 12.2. The minimum absolute atomic E-state index is 0.265. The molecule has 3 nitrogen and oxygen atoms in total. The van der Waals surface area contributed by atoms with Crippen molar-refractivity contribution in [2.75, 3.05) is 0 Å². The first-order valence-electron chi connectivity index (χ1n) is 6.54. The predicted molar refractivity (Wildman–Crippen MR) is 87.4 cm³/mol. The molecule has 0 saturated heterocycles. The lowest BCUT2D eigenvalue weighted by atomic mass is 10.2. The number of hydrogen-bond donors (Lipinski definition) is 0. The van der Waals surface area contributed by atoms with E-state index in [0.29, 0.717) is 16.2 Å². The van der Waals surface area contributed by atoms with Crippen molar-refractivity contribution < 1.29 is 0 Å². The lowest BCUT2D eigenvalue weighted by Crippen LogP contribution is -2.14. The third kappa shape index (κ3) is 2.73. The lowest BCUT2D eigenvalue weighted by Gasteiger charge is -2.08. The molecule has 0 fully saturated rings. The van der Waals surface area contributed by atoms with Crippen molar-refractivity contribution >= 4 is 34.7 Å². The second kappa shape index (κ2) is 5.54. The molecule has 0 atom stereocenters. The van der Waals surface area contributed by atoms with Crippen LogP contribution in [0.25, 0.3) is 23.1 Å². The van der Waals surface area contributed by atoms with E-state index in [9.17, 15) is 4.79 Å². The second-order valence-electron chi connectivity index (χ2n) is 4.74. The van der Waals surface area contributed by atoms with Gasteiger partial charge in [-0.25, -0.2) is 0 Å². The molecule has 0 spiro atoms. The standard InChI is InChI=1S/C17H13ClN2O/c1-20-15-9-8-13(18)11-14(15)17(21)19-16(20)10-7-12-5-3-2-4-6-12/h2-11H,1H3/b10-7+. The Morgan fingerprint density at radius 3 is 2.62 bits per heavy atom. The predicted octanol–water partition coefficient (Wildman–Crippen LogP) is 3.76. The normalized spacial score (nSPS) is 11.3. The number of hydrogen-bond acceptors (Lipinski definition) is 2. The number of rotatable bonds is 2. The highest BCUT2D eigenvalue weighted by atomic mass is 35.5. The van der Waals surface area contributed by atoms with E-state index in [0.717, 1.165) is 11.1 Å². The molecule has 3 rings (SSSR count). The number of aryl methyl sites for hydroxylation is 1. The van der Waals surface area contributed by atoms with E-state index >= 15 is 0 Å². The van der Waals surface area contributed by atoms with Crippen LogP contribution in [0.2, 0.25) is 5.02 Å². The Hall–Kier alpha value is -2.39. The van der Waals surface area contributed by atoms with Crippen LogP contribution in [-0.2, 0) is 7.05 Å². The van der Waals surface area contributed by atoms with Crippen molar-refractivity contribution in [2.24, 2.45) is 7.05 Å². The van der Waals surface area contributed by atoms with Gasteiger partial charge in [-0.1, -0.05) is 48.0 Å². The second-order valence-corrected chi connectivity index (χ2v) is 5.18. The zero-order chi connectivity index (χ0) is 14.8. The monoisotopic (exact) mass is 296 g/mol. The molecule has 4 heteroatoms. The average molecular weight is 297 g/mol. The Kier molecular flexibility index (Phi) is 3.59. The minimum atomic E-state index is -0.265.